The minimum Gasteiger partial charge on any atom is -0.302 e. The Hall–Kier alpha value is -1.51. The lowest BCUT2D eigenvalue weighted by molar-refractivity contribution is 0.301. The van der Waals surface area contributed by atoms with Gasteiger partial charge in [0.05, 0.1) is 0 Å². The summed E-state index contributed by atoms with van der Waals surface area (Å²) >= 11 is 0. The van der Waals surface area contributed by atoms with Gasteiger partial charge in [0.2, 0.25) is 10.0 Å². The highest BCUT2D eigenvalue weighted by Gasteiger charge is 2.29. The fourth-order valence-electron chi connectivity index (χ4n) is 2.63. The highest BCUT2D eigenvalue weighted by Crippen LogP contribution is 2.24. The second-order valence-corrected chi connectivity index (χ2v) is 6.99. The number of fused-ring (bicyclic) bond motifs is 1. The molecule has 1 aliphatic heterocycles. The predicted molar refractivity (Wildman–Crippen MR) is 77.3 cm³/mol. The first kappa shape index (κ1) is 14.4. The lowest BCUT2D eigenvalue weighted by Crippen LogP contribution is -2.35. The highest BCUT2D eigenvalue weighted by molar-refractivity contribution is 7.89. The van der Waals surface area contributed by atoms with E-state index < -0.39 is 10.0 Å². The van der Waals surface area contributed by atoms with E-state index in [2.05, 4.69) is 26.8 Å². The number of nitrogens with zero attached hydrogens (tertiary/aromatic N) is 4. The molecule has 0 spiro atoms. The van der Waals surface area contributed by atoms with Gasteiger partial charge in [-0.25, -0.2) is 13.0 Å². The van der Waals surface area contributed by atoms with E-state index in [1.165, 1.54) is 4.31 Å². The summed E-state index contributed by atoms with van der Waals surface area (Å²) in [7, 11) is -3.57. The summed E-state index contributed by atoms with van der Waals surface area (Å²) in [6.07, 6.45) is 0.833. The van der Waals surface area contributed by atoms with Crippen LogP contribution in [0, 0.1) is 0 Å². The zero-order valence-corrected chi connectivity index (χ0v) is 12.7. The van der Waals surface area contributed by atoms with Gasteiger partial charge in [0.15, 0.2) is 5.52 Å². The third-order valence-electron chi connectivity index (χ3n) is 3.86. The fourth-order valence-corrected chi connectivity index (χ4v) is 4.24. The standard InChI is InChI=1S/C13H18N4O3S/c1-2-16-7-4-8-17(10-9-16)21(18,19)12-6-3-5-11-13(12)15-20-14-11/h3,5-6H,2,4,7-10H2,1H3. The van der Waals surface area contributed by atoms with Crippen LogP contribution in [0.4, 0.5) is 0 Å². The first-order valence-corrected chi connectivity index (χ1v) is 8.50. The minimum atomic E-state index is -3.57. The van der Waals surface area contributed by atoms with Crippen LogP contribution in [0.3, 0.4) is 0 Å². The molecule has 0 amide bonds. The number of hydrogen-bond donors (Lipinski definition) is 0. The molecule has 0 aliphatic carbocycles. The van der Waals surface area contributed by atoms with Gasteiger partial charge in [-0.1, -0.05) is 13.0 Å². The Morgan fingerprint density at radius 2 is 2.05 bits per heavy atom. The molecule has 0 radical (unpaired) electrons. The Bertz CT molecular complexity index is 728. The van der Waals surface area contributed by atoms with Crippen molar-refractivity contribution in [2.45, 2.75) is 18.2 Å². The molecule has 0 saturated carbocycles. The van der Waals surface area contributed by atoms with Crippen molar-refractivity contribution >= 4 is 21.1 Å². The summed E-state index contributed by atoms with van der Waals surface area (Å²) < 4.78 is 31.9. The zero-order chi connectivity index (χ0) is 14.9. The van der Waals surface area contributed by atoms with E-state index >= 15 is 0 Å². The number of aromatic nitrogens is 2. The molecule has 1 saturated heterocycles. The third-order valence-corrected chi connectivity index (χ3v) is 5.79. The molecule has 1 aliphatic rings. The van der Waals surface area contributed by atoms with Gasteiger partial charge in [0.25, 0.3) is 0 Å². The summed E-state index contributed by atoms with van der Waals surface area (Å²) in [4.78, 5) is 2.43. The topological polar surface area (TPSA) is 79.5 Å². The first-order valence-electron chi connectivity index (χ1n) is 7.06. The van der Waals surface area contributed by atoms with Crippen molar-refractivity contribution in [2.75, 3.05) is 32.7 Å². The molecule has 21 heavy (non-hydrogen) atoms. The Morgan fingerprint density at radius 3 is 2.86 bits per heavy atom. The lowest BCUT2D eigenvalue weighted by atomic mass is 10.3. The first-order chi connectivity index (χ1) is 10.1. The van der Waals surface area contributed by atoms with Gasteiger partial charge in [-0.3, -0.25) is 0 Å². The second-order valence-electron chi connectivity index (χ2n) is 5.08. The second kappa shape index (κ2) is 5.70. The monoisotopic (exact) mass is 310 g/mol. The van der Waals surface area contributed by atoms with Crippen molar-refractivity contribution in [1.29, 1.82) is 0 Å². The SMILES string of the molecule is CCN1CCCN(S(=O)(=O)c2cccc3nonc23)CC1. The molecule has 2 aromatic rings. The molecule has 2 heterocycles. The van der Waals surface area contributed by atoms with Crippen LogP contribution < -0.4 is 0 Å². The molecular weight excluding hydrogens is 292 g/mol. The van der Waals surface area contributed by atoms with Crippen molar-refractivity contribution in [2.24, 2.45) is 0 Å². The number of likely N-dealkylation sites (N-methyl/N-ethyl adjacent to an activating group) is 1. The molecule has 0 atom stereocenters. The minimum absolute atomic E-state index is 0.172. The van der Waals surface area contributed by atoms with E-state index in [1.807, 2.05) is 0 Å². The summed E-state index contributed by atoms with van der Waals surface area (Å²) in [6, 6.07) is 4.91. The summed E-state index contributed by atoms with van der Waals surface area (Å²) in [5, 5.41) is 7.44. The molecule has 0 unspecified atom stereocenters. The maximum atomic E-state index is 12.8. The van der Waals surface area contributed by atoms with Crippen molar-refractivity contribution in [3.63, 3.8) is 0 Å². The van der Waals surface area contributed by atoms with Gasteiger partial charge in [-0.15, -0.1) is 0 Å². The van der Waals surface area contributed by atoms with E-state index in [9.17, 15) is 8.42 Å². The highest BCUT2D eigenvalue weighted by atomic mass is 32.2. The van der Waals surface area contributed by atoms with Gasteiger partial charge < -0.3 is 4.90 Å². The maximum Gasteiger partial charge on any atom is 0.245 e. The van der Waals surface area contributed by atoms with Crippen molar-refractivity contribution in [3.05, 3.63) is 18.2 Å². The zero-order valence-electron chi connectivity index (χ0n) is 11.9. The summed E-state index contributed by atoms with van der Waals surface area (Å²) in [5.74, 6) is 0. The number of sulfonamides is 1. The van der Waals surface area contributed by atoms with Gasteiger partial charge in [0.1, 0.15) is 10.4 Å². The molecule has 1 aromatic heterocycles. The predicted octanol–water partition coefficient (Wildman–Crippen LogP) is 0.939. The van der Waals surface area contributed by atoms with Gasteiger partial charge in [-0.2, -0.15) is 4.31 Å². The van der Waals surface area contributed by atoms with E-state index in [4.69, 9.17) is 0 Å². The van der Waals surface area contributed by atoms with Crippen LogP contribution in [0.25, 0.3) is 11.0 Å². The van der Waals surface area contributed by atoms with Gasteiger partial charge in [-0.05, 0) is 42.0 Å². The molecule has 1 aromatic carbocycles. The Labute approximate surface area is 123 Å². The lowest BCUT2D eigenvalue weighted by Gasteiger charge is -2.20. The van der Waals surface area contributed by atoms with E-state index in [0.29, 0.717) is 24.1 Å². The van der Waals surface area contributed by atoms with Gasteiger partial charge >= 0.3 is 0 Å². The fraction of sp³-hybridized carbons (Fsp3) is 0.538. The van der Waals surface area contributed by atoms with E-state index in [1.54, 1.807) is 18.2 Å². The van der Waals surface area contributed by atoms with Crippen LogP contribution in [-0.4, -0.2) is 60.7 Å². The van der Waals surface area contributed by atoms with Crippen molar-refractivity contribution in [3.8, 4) is 0 Å². The molecule has 3 rings (SSSR count). The number of rotatable bonds is 3. The molecule has 8 heteroatoms. The van der Waals surface area contributed by atoms with Crippen LogP contribution in [0.1, 0.15) is 13.3 Å². The largest absolute Gasteiger partial charge is 0.302 e. The normalized spacial score (nSPS) is 18.9. The van der Waals surface area contributed by atoms with Crippen molar-refractivity contribution in [1.82, 2.24) is 19.5 Å². The smallest absolute Gasteiger partial charge is 0.245 e. The van der Waals surface area contributed by atoms with Crippen LogP contribution in [0.2, 0.25) is 0 Å². The summed E-state index contributed by atoms with van der Waals surface area (Å²) in [5.41, 5.74) is 0.759. The van der Waals surface area contributed by atoms with Gasteiger partial charge in [0, 0.05) is 19.6 Å². The maximum absolute atomic E-state index is 12.8. The van der Waals surface area contributed by atoms with Crippen LogP contribution in [0.15, 0.2) is 27.7 Å². The average molecular weight is 310 g/mol. The molecule has 7 nitrogen and oxygen atoms in total. The van der Waals surface area contributed by atoms with Crippen LogP contribution in [0.5, 0.6) is 0 Å². The Kier molecular flexibility index (Phi) is 3.92. The summed E-state index contributed by atoms with van der Waals surface area (Å²) in [6.45, 7) is 5.74. The van der Waals surface area contributed by atoms with Crippen LogP contribution in [-0.2, 0) is 10.0 Å². The molecule has 0 bridgehead atoms. The Balaban J connectivity index is 1.95. The molecular formula is C13H18N4O3S. The number of hydrogen-bond acceptors (Lipinski definition) is 6. The Morgan fingerprint density at radius 1 is 1.19 bits per heavy atom. The van der Waals surface area contributed by atoms with Crippen molar-refractivity contribution < 1.29 is 13.0 Å². The third kappa shape index (κ3) is 2.66. The number of benzene rings is 1. The molecule has 114 valence electrons. The molecule has 1 fully saturated rings. The van der Waals surface area contributed by atoms with Crippen LogP contribution >= 0.6 is 0 Å². The van der Waals surface area contributed by atoms with E-state index in [-0.39, 0.29) is 4.90 Å². The quantitative estimate of drug-likeness (QED) is 0.839. The molecule has 0 N–H and O–H groups in total. The average Bonchev–Trinajstić information content (AvgIpc) is 2.82. The van der Waals surface area contributed by atoms with E-state index in [0.717, 1.165) is 26.1 Å².